The van der Waals surface area contributed by atoms with Gasteiger partial charge in [0.1, 0.15) is 12.1 Å². The molecule has 0 bridgehead atoms. The zero-order chi connectivity index (χ0) is 18.9. The van der Waals surface area contributed by atoms with E-state index in [1.165, 1.54) is 18.5 Å². The minimum absolute atomic E-state index is 0.0268. The van der Waals surface area contributed by atoms with E-state index in [1.807, 2.05) is 19.0 Å². The first-order chi connectivity index (χ1) is 12.2. The summed E-state index contributed by atoms with van der Waals surface area (Å²) < 4.78 is 23.4. The van der Waals surface area contributed by atoms with E-state index in [2.05, 4.69) is 15.3 Å². The second-order valence-electron chi connectivity index (χ2n) is 6.11. The number of benzene rings is 2. The molecular formula is C17H18ClN5O2S. The van der Waals surface area contributed by atoms with Crippen LogP contribution in [-0.4, -0.2) is 37.4 Å². The minimum Gasteiger partial charge on any atom is -0.339 e. The second kappa shape index (κ2) is 7.16. The van der Waals surface area contributed by atoms with E-state index in [-0.39, 0.29) is 4.90 Å². The molecule has 1 aromatic heterocycles. The Morgan fingerprint density at radius 3 is 2.62 bits per heavy atom. The van der Waals surface area contributed by atoms with E-state index in [9.17, 15) is 8.42 Å². The van der Waals surface area contributed by atoms with E-state index in [4.69, 9.17) is 16.7 Å². The minimum atomic E-state index is -3.82. The summed E-state index contributed by atoms with van der Waals surface area (Å²) in [4.78, 5) is 10.5. The Morgan fingerprint density at radius 1 is 1.15 bits per heavy atom. The van der Waals surface area contributed by atoms with Crippen molar-refractivity contribution in [1.29, 1.82) is 0 Å². The molecule has 3 aromatic rings. The van der Waals surface area contributed by atoms with Crippen molar-refractivity contribution in [1.82, 2.24) is 14.9 Å². The molecule has 0 radical (unpaired) electrons. The van der Waals surface area contributed by atoms with Crippen molar-refractivity contribution < 1.29 is 8.42 Å². The van der Waals surface area contributed by atoms with Crippen LogP contribution in [0.4, 0.5) is 11.5 Å². The summed E-state index contributed by atoms with van der Waals surface area (Å²) in [6.07, 6.45) is 1.44. The maximum atomic E-state index is 11.7. The van der Waals surface area contributed by atoms with Crippen molar-refractivity contribution in [3.63, 3.8) is 0 Å². The molecule has 26 heavy (non-hydrogen) atoms. The molecule has 0 spiro atoms. The molecule has 0 saturated heterocycles. The van der Waals surface area contributed by atoms with Crippen LogP contribution in [0.15, 0.2) is 47.6 Å². The van der Waals surface area contributed by atoms with Crippen LogP contribution in [0.2, 0.25) is 5.02 Å². The van der Waals surface area contributed by atoms with Gasteiger partial charge in [-0.2, -0.15) is 0 Å². The van der Waals surface area contributed by atoms with Crippen molar-refractivity contribution in [3.8, 4) is 0 Å². The summed E-state index contributed by atoms with van der Waals surface area (Å²) in [6.45, 7) is 0.608. The van der Waals surface area contributed by atoms with E-state index in [0.29, 0.717) is 23.1 Å². The van der Waals surface area contributed by atoms with Crippen LogP contribution in [0, 0.1) is 0 Å². The molecule has 0 fully saturated rings. The number of primary sulfonamides is 1. The van der Waals surface area contributed by atoms with Gasteiger partial charge in [0.2, 0.25) is 10.0 Å². The molecule has 0 amide bonds. The predicted octanol–water partition coefficient (Wildman–Crippen LogP) is 2.74. The highest BCUT2D eigenvalue weighted by atomic mass is 35.5. The van der Waals surface area contributed by atoms with Gasteiger partial charge >= 0.3 is 0 Å². The Labute approximate surface area is 156 Å². The van der Waals surface area contributed by atoms with Crippen LogP contribution < -0.4 is 10.5 Å². The molecular weight excluding hydrogens is 374 g/mol. The van der Waals surface area contributed by atoms with Gasteiger partial charge in [0.05, 0.1) is 10.4 Å². The van der Waals surface area contributed by atoms with E-state index < -0.39 is 10.0 Å². The number of anilines is 2. The van der Waals surface area contributed by atoms with Gasteiger partial charge in [-0.15, -0.1) is 0 Å². The summed E-state index contributed by atoms with van der Waals surface area (Å²) >= 11 is 6.09. The van der Waals surface area contributed by atoms with Crippen LogP contribution >= 0.6 is 11.6 Å². The average molecular weight is 392 g/mol. The molecule has 0 unspecified atom stereocenters. The fourth-order valence-electron chi connectivity index (χ4n) is 2.58. The van der Waals surface area contributed by atoms with Crippen molar-refractivity contribution in [2.45, 2.75) is 11.4 Å². The SMILES string of the molecule is CN(C)Cc1ccc(S(N)(=O)=O)cc1Nc1ncnc2ccc(Cl)cc12. The molecule has 136 valence electrons. The highest BCUT2D eigenvalue weighted by molar-refractivity contribution is 7.89. The maximum Gasteiger partial charge on any atom is 0.238 e. The molecule has 3 rings (SSSR count). The van der Waals surface area contributed by atoms with Gasteiger partial charge in [-0.3, -0.25) is 0 Å². The van der Waals surface area contributed by atoms with Crippen molar-refractivity contribution >= 4 is 44.0 Å². The Morgan fingerprint density at radius 2 is 1.92 bits per heavy atom. The van der Waals surface area contributed by atoms with Gasteiger partial charge < -0.3 is 10.2 Å². The molecule has 2 aromatic carbocycles. The summed E-state index contributed by atoms with van der Waals surface area (Å²) in [5, 5.41) is 9.77. The van der Waals surface area contributed by atoms with Crippen LogP contribution in [0.5, 0.6) is 0 Å². The van der Waals surface area contributed by atoms with Gasteiger partial charge in [0.25, 0.3) is 0 Å². The molecule has 3 N–H and O–H groups in total. The predicted molar refractivity (Wildman–Crippen MR) is 103 cm³/mol. The number of aromatic nitrogens is 2. The molecule has 0 saturated carbocycles. The number of nitrogens with one attached hydrogen (secondary N) is 1. The van der Waals surface area contributed by atoms with Crippen LogP contribution in [0.3, 0.4) is 0 Å². The molecule has 0 atom stereocenters. The Balaban J connectivity index is 2.12. The van der Waals surface area contributed by atoms with Gasteiger partial charge in [-0.05, 0) is 50.0 Å². The van der Waals surface area contributed by atoms with Gasteiger partial charge in [-0.1, -0.05) is 17.7 Å². The highest BCUT2D eigenvalue weighted by Gasteiger charge is 2.14. The average Bonchev–Trinajstić information content (AvgIpc) is 2.55. The van der Waals surface area contributed by atoms with Gasteiger partial charge in [0, 0.05) is 22.6 Å². The molecule has 7 nitrogen and oxygen atoms in total. The normalized spacial score (nSPS) is 11.9. The van der Waals surface area contributed by atoms with Gasteiger partial charge in [0.15, 0.2) is 0 Å². The topological polar surface area (TPSA) is 101 Å². The Hall–Kier alpha value is -2.26. The quantitative estimate of drug-likeness (QED) is 0.693. The second-order valence-corrected chi connectivity index (χ2v) is 8.11. The third kappa shape index (κ3) is 4.10. The fourth-order valence-corrected chi connectivity index (χ4v) is 3.30. The third-order valence-electron chi connectivity index (χ3n) is 3.75. The summed E-state index contributed by atoms with van der Waals surface area (Å²) in [6, 6.07) is 10.0. The number of nitrogens with two attached hydrogens (primary N) is 1. The van der Waals surface area contributed by atoms with Crippen molar-refractivity contribution in [2.24, 2.45) is 5.14 Å². The number of fused-ring (bicyclic) bond motifs is 1. The fraction of sp³-hybridized carbons (Fsp3) is 0.176. The third-order valence-corrected chi connectivity index (χ3v) is 4.89. The highest BCUT2D eigenvalue weighted by Crippen LogP contribution is 2.29. The summed E-state index contributed by atoms with van der Waals surface area (Å²) in [5.74, 6) is 0.532. The van der Waals surface area contributed by atoms with Crippen LogP contribution in [-0.2, 0) is 16.6 Å². The van der Waals surface area contributed by atoms with Crippen LogP contribution in [0.1, 0.15) is 5.56 Å². The number of hydrogen-bond acceptors (Lipinski definition) is 6. The number of nitrogens with zero attached hydrogens (tertiary/aromatic N) is 3. The number of sulfonamides is 1. The Bertz CT molecular complexity index is 1070. The number of halogens is 1. The standard InChI is InChI=1S/C17H18ClN5O2S/c1-23(2)9-11-3-5-13(26(19,24)25)8-16(11)22-17-14-7-12(18)4-6-15(14)20-10-21-17/h3-8,10H,9H2,1-2H3,(H2,19,24,25)(H,20,21,22). The summed E-state index contributed by atoms with van der Waals surface area (Å²) in [5.41, 5.74) is 2.23. The molecule has 0 aliphatic heterocycles. The molecule has 0 aliphatic carbocycles. The lowest BCUT2D eigenvalue weighted by Gasteiger charge is -2.17. The molecule has 0 aliphatic rings. The van der Waals surface area contributed by atoms with E-state index in [1.54, 1.807) is 24.3 Å². The zero-order valence-electron chi connectivity index (χ0n) is 14.3. The lowest BCUT2D eigenvalue weighted by atomic mass is 10.1. The van der Waals surface area contributed by atoms with Crippen molar-refractivity contribution in [3.05, 3.63) is 53.3 Å². The molecule has 9 heteroatoms. The Kier molecular flexibility index (Phi) is 5.10. The van der Waals surface area contributed by atoms with Gasteiger partial charge in [-0.25, -0.2) is 23.5 Å². The van der Waals surface area contributed by atoms with Crippen molar-refractivity contribution in [2.75, 3.05) is 19.4 Å². The first-order valence-electron chi connectivity index (χ1n) is 7.72. The number of hydrogen-bond donors (Lipinski definition) is 2. The lowest BCUT2D eigenvalue weighted by molar-refractivity contribution is 0.403. The largest absolute Gasteiger partial charge is 0.339 e. The maximum absolute atomic E-state index is 11.7. The first-order valence-corrected chi connectivity index (χ1v) is 9.64. The molecule has 1 heterocycles. The summed E-state index contributed by atoms with van der Waals surface area (Å²) in [7, 11) is 0.0361. The van der Waals surface area contributed by atoms with Crippen LogP contribution in [0.25, 0.3) is 10.9 Å². The zero-order valence-corrected chi connectivity index (χ0v) is 15.8. The monoisotopic (exact) mass is 391 g/mol. The smallest absolute Gasteiger partial charge is 0.238 e. The van der Waals surface area contributed by atoms with E-state index >= 15 is 0 Å². The lowest BCUT2D eigenvalue weighted by Crippen LogP contribution is -2.15. The first kappa shape index (κ1) is 18.5. The number of rotatable bonds is 5. The van der Waals surface area contributed by atoms with E-state index in [0.717, 1.165) is 16.5 Å².